The highest BCUT2D eigenvalue weighted by atomic mass is 35.5. The first-order valence-electron chi connectivity index (χ1n) is 9.32. The Labute approximate surface area is 182 Å². The van der Waals surface area contributed by atoms with Gasteiger partial charge < -0.3 is 0 Å². The molecule has 0 fully saturated rings. The molecule has 0 saturated carbocycles. The van der Waals surface area contributed by atoms with Crippen LogP contribution in [0.1, 0.15) is 16.7 Å². The van der Waals surface area contributed by atoms with Crippen molar-refractivity contribution >= 4 is 40.6 Å². The summed E-state index contributed by atoms with van der Waals surface area (Å²) in [5, 5.41) is 4.03. The van der Waals surface area contributed by atoms with Gasteiger partial charge in [0.15, 0.2) is 7.29 Å². The monoisotopic (exact) mass is 441 g/mol. The van der Waals surface area contributed by atoms with E-state index >= 15 is 0 Å². The number of hydrogen-bond donors (Lipinski definition) is 1. The summed E-state index contributed by atoms with van der Waals surface area (Å²) in [7, 11) is -3.14. The SMILES string of the molecule is O=P(/C=C(\Cl)c1ccccc1)(/C=C(\Cl)c1ccccc1)NCCc1ccccc1. The molecule has 0 amide bonds. The van der Waals surface area contributed by atoms with Gasteiger partial charge in [0.25, 0.3) is 0 Å². The molecule has 0 heterocycles. The zero-order valence-corrected chi connectivity index (χ0v) is 18.2. The highest BCUT2D eigenvalue weighted by Gasteiger charge is 2.18. The lowest BCUT2D eigenvalue weighted by atomic mass is 10.2. The molecule has 0 bridgehead atoms. The zero-order valence-electron chi connectivity index (χ0n) is 15.8. The normalized spacial score (nSPS) is 12.8. The fourth-order valence-electron chi connectivity index (χ4n) is 2.83. The van der Waals surface area contributed by atoms with Crippen LogP contribution >= 0.6 is 30.5 Å². The van der Waals surface area contributed by atoms with Gasteiger partial charge in [-0.2, -0.15) is 0 Å². The maximum atomic E-state index is 13.7. The summed E-state index contributed by atoms with van der Waals surface area (Å²) >= 11 is 13.0. The van der Waals surface area contributed by atoms with E-state index in [9.17, 15) is 4.57 Å². The van der Waals surface area contributed by atoms with Crippen molar-refractivity contribution in [3.8, 4) is 0 Å². The van der Waals surface area contributed by atoms with Gasteiger partial charge in [-0.05, 0) is 23.1 Å². The molecule has 0 atom stereocenters. The summed E-state index contributed by atoms with van der Waals surface area (Å²) in [6.45, 7) is 0.534. The molecule has 148 valence electrons. The van der Waals surface area contributed by atoms with Gasteiger partial charge in [-0.15, -0.1) is 0 Å². The van der Waals surface area contributed by atoms with E-state index in [-0.39, 0.29) is 0 Å². The van der Waals surface area contributed by atoms with Crippen molar-refractivity contribution < 1.29 is 4.57 Å². The molecule has 2 nitrogen and oxygen atoms in total. The molecule has 0 saturated heterocycles. The van der Waals surface area contributed by atoms with Gasteiger partial charge in [0.1, 0.15) is 0 Å². The van der Waals surface area contributed by atoms with Crippen LogP contribution in [-0.4, -0.2) is 6.54 Å². The first kappa shape index (κ1) is 21.6. The van der Waals surface area contributed by atoms with Crippen LogP contribution in [0.4, 0.5) is 0 Å². The standard InChI is InChI=1S/C24H22Cl2NOP/c25-23(21-12-6-2-7-13-21)18-29(28,19-24(26)22-14-8-3-9-15-22)27-17-16-20-10-4-1-5-11-20/h1-15,18-19H,16-17H2,(H,27,28)/b23-18-,24-19-. The fraction of sp³-hybridized carbons (Fsp3) is 0.0833. The Hall–Kier alpha value is -2.09. The summed E-state index contributed by atoms with van der Waals surface area (Å²) in [6, 6.07) is 29.0. The van der Waals surface area contributed by atoms with Crippen LogP contribution in [0.25, 0.3) is 10.1 Å². The lowest BCUT2D eigenvalue weighted by molar-refractivity contribution is 0.577. The summed E-state index contributed by atoms with van der Waals surface area (Å²) in [5.41, 5.74) is 2.79. The van der Waals surface area contributed by atoms with E-state index in [0.717, 1.165) is 17.5 Å². The Morgan fingerprint density at radius 3 is 1.59 bits per heavy atom. The predicted molar refractivity (Wildman–Crippen MR) is 126 cm³/mol. The maximum absolute atomic E-state index is 13.7. The van der Waals surface area contributed by atoms with E-state index in [1.165, 1.54) is 5.56 Å². The fourth-order valence-corrected chi connectivity index (χ4v) is 5.64. The molecule has 5 heteroatoms. The minimum absolute atomic E-state index is 0.426. The second kappa shape index (κ2) is 10.6. The van der Waals surface area contributed by atoms with E-state index in [1.54, 1.807) is 11.6 Å². The van der Waals surface area contributed by atoms with Crippen LogP contribution in [0, 0.1) is 0 Å². The smallest absolute Gasteiger partial charge is 0.193 e. The van der Waals surface area contributed by atoms with Crippen LogP contribution in [-0.2, 0) is 11.0 Å². The second-order valence-electron chi connectivity index (χ2n) is 6.54. The second-order valence-corrected chi connectivity index (χ2v) is 9.60. The molecule has 3 rings (SSSR count). The average molecular weight is 442 g/mol. The van der Waals surface area contributed by atoms with E-state index < -0.39 is 7.29 Å². The first-order valence-corrected chi connectivity index (χ1v) is 11.9. The van der Waals surface area contributed by atoms with Gasteiger partial charge in [0.2, 0.25) is 0 Å². The Morgan fingerprint density at radius 1 is 0.724 bits per heavy atom. The lowest BCUT2D eigenvalue weighted by Gasteiger charge is -2.15. The summed E-state index contributed by atoms with van der Waals surface area (Å²) < 4.78 is 13.7. The zero-order chi connectivity index (χ0) is 20.5. The van der Waals surface area contributed by atoms with Crippen LogP contribution in [0.15, 0.2) is 103 Å². The number of rotatable bonds is 8. The summed E-state index contributed by atoms with van der Waals surface area (Å²) in [6.07, 6.45) is 0.748. The van der Waals surface area contributed by atoms with E-state index in [1.807, 2.05) is 91.0 Å². The summed E-state index contributed by atoms with van der Waals surface area (Å²) in [5.74, 6) is 3.17. The Balaban J connectivity index is 1.86. The largest absolute Gasteiger partial charge is 0.298 e. The molecule has 0 unspecified atom stereocenters. The molecular formula is C24H22Cl2NOP. The molecule has 0 aliphatic heterocycles. The molecule has 0 aromatic heterocycles. The van der Waals surface area contributed by atoms with Crippen molar-refractivity contribution in [2.24, 2.45) is 0 Å². The van der Waals surface area contributed by atoms with Gasteiger partial charge in [-0.3, -0.25) is 9.65 Å². The molecule has 0 aliphatic carbocycles. The topological polar surface area (TPSA) is 29.1 Å². The van der Waals surface area contributed by atoms with Crippen molar-refractivity contribution in [2.45, 2.75) is 6.42 Å². The van der Waals surface area contributed by atoms with E-state index in [0.29, 0.717) is 16.6 Å². The Bertz CT molecular complexity index is 959. The molecule has 3 aromatic carbocycles. The van der Waals surface area contributed by atoms with Gasteiger partial charge in [0, 0.05) is 18.2 Å². The number of nitrogens with one attached hydrogen (secondary N) is 1. The van der Waals surface area contributed by atoms with Crippen molar-refractivity contribution in [3.63, 3.8) is 0 Å². The first-order chi connectivity index (χ1) is 14.1. The van der Waals surface area contributed by atoms with Crippen LogP contribution in [0.3, 0.4) is 0 Å². The number of hydrogen-bond acceptors (Lipinski definition) is 1. The van der Waals surface area contributed by atoms with Crippen LogP contribution in [0.5, 0.6) is 0 Å². The third kappa shape index (κ3) is 6.73. The van der Waals surface area contributed by atoms with Crippen LogP contribution < -0.4 is 5.09 Å². The molecule has 29 heavy (non-hydrogen) atoms. The van der Waals surface area contributed by atoms with Crippen molar-refractivity contribution in [2.75, 3.05) is 6.54 Å². The minimum Gasteiger partial charge on any atom is -0.298 e. The maximum Gasteiger partial charge on any atom is 0.193 e. The molecule has 0 radical (unpaired) electrons. The third-order valence-electron chi connectivity index (χ3n) is 4.32. The van der Waals surface area contributed by atoms with Crippen LogP contribution in [0.2, 0.25) is 0 Å². The van der Waals surface area contributed by atoms with E-state index in [2.05, 4.69) is 5.09 Å². The minimum atomic E-state index is -3.14. The van der Waals surface area contributed by atoms with E-state index in [4.69, 9.17) is 23.2 Å². The number of halogens is 2. The van der Waals surface area contributed by atoms with Crippen molar-refractivity contribution in [3.05, 3.63) is 119 Å². The molecule has 0 aliphatic rings. The highest BCUT2D eigenvalue weighted by molar-refractivity contribution is 7.68. The lowest BCUT2D eigenvalue weighted by Crippen LogP contribution is -2.12. The van der Waals surface area contributed by atoms with Gasteiger partial charge in [-0.1, -0.05) is 114 Å². The summed E-state index contributed by atoms with van der Waals surface area (Å²) in [4.78, 5) is 0. The molecule has 0 spiro atoms. The quantitative estimate of drug-likeness (QED) is 0.365. The van der Waals surface area contributed by atoms with Gasteiger partial charge >= 0.3 is 0 Å². The van der Waals surface area contributed by atoms with Crippen molar-refractivity contribution in [1.82, 2.24) is 5.09 Å². The molecule has 1 N–H and O–H groups in total. The molecular weight excluding hydrogens is 420 g/mol. The van der Waals surface area contributed by atoms with Crippen molar-refractivity contribution in [1.29, 1.82) is 0 Å². The van der Waals surface area contributed by atoms with Gasteiger partial charge in [-0.25, -0.2) is 0 Å². The average Bonchev–Trinajstić information content (AvgIpc) is 2.75. The molecule has 3 aromatic rings. The third-order valence-corrected chi connectivity index (χ3v) is 7.29. The van der Waals surface area contributed by atoms with Gasteiger partial charge in [0.05, 0.1) is 10.1 Å². The Morgan fingerprint density at radius 2 is 1.14 bits per heavy atom. The predicted octanol–water partition coefficient (Wildman–Crippen LogP) is 7.57. The highest BCUT2D eigenvalue weighted by Crippen LogP contribution is 2.50. The number of benzene rings is 3. The Kier molecular flexibility index (Phi) is 7.91.